The van der Waals surface area contributed by atoms with Crippen molar-refractivity contribution in [3.63, 3.8) is 0 Å². The van der Waals surface area contributed by atoms with Gasteiger partial charge >= 0.3 is 0 Å². The largest absolute Gasteiger partial charge is 0.340 e. The lowest BCUT2D eigenvalue weighted by atomic mass is 10.1. The highest BCUT2D eigenvalue weighted by Crippen LogP contribution is 2.18. The number of hydrogen-bond donors (Lipinski definition) is 2. The molecule has 0 fully saturated rings. The Bertz CT molecular complexity index is 805. The predicted molar refractivity (Wildman–Crippen MR) is 103 cm³/mol. The van der Waals surface area contributed by atoms with E-state index in [0.717, 1.165) is 12.1 Å². The number of nitrogens with one attached hydrogen (secondary N) is 2. The molecule has 0 aliphatic heterocycles. The molecule has 0 saturated carbocycles. The van der Waals surface area contributed by atoms with E-state index in [1.807, 2.05) is 6.26 Å². The predicted octanol–water partition coefficient (Wildman–Crippen LogP) is 4.22. The van der Waals surface area contributed by atoms with Gasteiger partial charge in [-0.1, -0.05) is 12.1 Å². The van der Waals surface area contributed by atoms with Gasteiger partial charge in [0.1, 0.15) is 17.7 Å². The number of carbonyl (C=O) groups is 2. The van der Waals surface area contributed by atoms with Crippen LogP contribution in [-0.2, 0) is 4.79 Å². The first-order valence-corrected chi connectivity index (χ1v) is 9.91. The van der Waals surface area contributed by atoms with Gasteiger partial charge in [-0.25, -0.2) is 8.78 Å². The summed E-state index contributed by atoms with van der Waals surface area (Å²) < 4.78 is 27.3. The van der Waals surface area contributed by atoms with Gasteiger partial charge in [0.05, 0.1) is 11.3 Å². The molecule has 2 aromatic carbocycles. The molecule has 0 aliphatic rings. The monoisotopic (exact) mass is 442 g/mol. The summed E-state index contributed by atoms with van der Waals surface area (Å²) in [5, 5.41) is 5.07. The van der Waals surface area contributed by atoms with Crippen LogP contribution in [-0.4, -0.2) is 29.9 Å². The highest BCUT2D eigenvalue weighted by atomic mass is 79.9. The molecular formula is C18H17BrF2N2O2S. The molecule has 0 spiro atoms. The molecule has 2 N–H and O–H groups in total. The van der Waals surface area contributed by atoms with Crippen molar-refractivity contribution in [2.75, 3.05) is 17.3 Å². The van der Waals surface area contributed by atoms with Crippen molar-refractivity contribution < 1.29 is 18.4 Å². The average molecular weight is 443 g/mol. The minimum absolute atomic E-state index is 0.138. The minimum atomic E-state index is -0.876. The first-order valence-electron chi connectivity index (χ1n) is 7.72. The van der Waals surface area contributed by atoms with E-state index >= 15 is 0 Å². The van der Waals surface area contributed by atoms with Gasteiger partial charge in [0.25, 0.3) is 5.91 Å². The number of halogens is 3. The summed E-state index contributed by atoms with van der Waals surface area (Å²) in [6, 6.07) is 8.86. The summed E-state index contributed by atoms with van der Waals surface area (Å²) in [6.07, 6.45) is 2.25. The number of carbonyl (C=O) groups excluding carboxylic acids is 2. The number of anilines is 1. The van der Waals surface area contributed by atoms with Crippen LogP contribution in [0, 0.1) is 11.6 Å². The van der Waals surface area contributed by atoms with Crippen LogP contribution in [0.3, 0.4) is 0 Å². The fourth-order valence-corrected chi connectivity index (χ4v) is 3.13. The summed E-state index contributed by atoms with van der Waals surface area (Å²) >= 11 is 4.82. The Morgan fingerprint density at radius 1 is 1.19 bits per heavy atom. The second kappa shape index (κ2) is 9.68. The molecule has 1 atom stereocenters. The van der Waals surface area contributed by atoms with E-state index in [1.54, 1.807) is 24.3 Å². The Hall–Kier alpha value is -1.93. The Labute approximate surface area is 162 Å². The van der Waals surface area contributed by atoms with E-state index in [-0.39, 0.29) is 5.69 Å². The molecular weight excluding hydrogens is 426 g/mol. The third-order valence-corrected chi connectivity index (χ3v) is 4.88. The zero-order chi connectivity index (χ0) is 19.1. The fourth-order valence-electron chi connectivity index (χ4n) is 2.20. The Balaban J connectivity index is 2.14. The first kappa shape index (κ1) is 20.4. The molecule has 8 heteroatoms. The van der Waals surface area contributed by atoms with Crippen molar-refractivity contribution in [3.8, 4) is 0 Å². The third-order valence-electron chi connectivity index (χ3n) is 3.54. The van der Waals surface area contributed by atoms with Crippen molar-refractivity contribution in [2.45, 2.75) is 12.5 Å². The lowest BCUT2D eigenvalue weighted by Gasteiger charge is -2.19. The summed E-state index contributed by atoms with van der Waals surface area (Å²) in [6.45, 7) is 0. The van der Waals surface area contributed by atoms with Crippen molar-refractivity contribution in [3.05, 3.63) is 64.1 Å². The molecule has 26 heavy (non-hydrogen) atoms. The van der Waals surface area contributed by atoms with Crippen LogP contribution >= 0.6 is 27.7 Å². The van der Waals surface area contributed by atoms with E-state index in [2.05, 4.69) is 26.6 Å². The third kappa shape index (κ3) is 5.54. The van der Waals surface area contributed by atoms with E-state index in [4.69, 9.17) is 0 Å². The molecule has 138 valence electrons. The minimum Gasteiger partial charge on any atom is -0.340 e. The number of thioether (sulfide) groups is 1. The Kier molecular flexibility index (Phi) is 7.59. The summed E-state index contributed by atoms with van der Waals surface area (Å²) in [4.78, 5) is 25.0. The average Bonchev–Trinajstić information content (AvgIpc) is 2.61. The van der Waals surface area contributed by atoms with E-state index in [0.29, 0.717) is 28.3 Å². The Morgan fingerprint density at radius 3 is 2.58 bits per heavy atom. The molecule has 0 aromatic heterocycles. The highest BCUT2D eigenvalue weighted by Gasteiger charge is 2.23. The van der Waals surface area contributed by atoms with Gasteiger partial charge in [0, 0.05) is 10.5 Å². The molecule has 0 saturated heterocycles. The molecule has 0 heterocycles. The van der Waals surface area contributed by atoms with Crippen molar-refractivity contribution in [1.82, 2.24) is 5.32 Å². The Morgan fingerprint density at radius 2 is 1.92 bits per heavy atom. The SMILES string of the molecule is CSCC[C@@H](NC(=O)c1ccccc1Br)C(=O)Nc1ccc(F)cc1F. The number of benzene rings is 2. The molecule has 2 aromatic rings. The molecule has 0 aliphatic carbocycles. The van der Waals surface area contributed by atoms with Crippen LogP contribution in [0.25, 0.3) is 0 Å². The lowest BCUT2D eigenvalue weighted by Crippen LogP contribution is -2.44. The molecule has 0 radical (unpaired) electrons. The van der Waals surface area contributed by atoms with E-state index in [9.17, 15) is 18.4 Å². The van der Waals surface area contributed by atoms with Crippen LogP contribution in [0.4, 0.5) is 14.5 Å². The van der Waals surface area contributed by atoms with Crippen LogP contribution in [0.15, 0.2) is 46.9 Å². The second-order valence-corrected chi connectivity index (χ2v) is 7.24. The molecule has 2 rings (SSSR count). The first-order chi connectivity index (χ1) is 12.4. The number of hydrogen-bond acceptors (Lipinski definition) is 3. The smallest absolute Gasteiger partial charge is 0.253 e. The number of rotatable bonds is 7. The summed E-state index contributed by atoms with van der Waals surface area (Å²) in [5.74, 6) is -1.97. The van der Waals surface area contributed by atoms with Crippen LogP contribution in [0.2, 0.25) is 0 Å². The molecule has 0 unspecified atom stereocenters. The second-order valence-electron chi connectivity index (χ2n) is 5.40. The van der Waals surface area contributed by atoms with Gasteiger partial charge in [-0.15, -0.1) is 0 Å². The molecule has 2 amide bonds. The van der Waals surface area contributed by atoms with Gasteiger partial charge in [0.2, 0.25) is 5.91 Å². The van der Waals surface area contributed by atoms with Crippen LogP contribution in [0.1, 0.15) is 16.8 Å². The number of amides is 2. The maximum atomic E-state index is 13.8. The molecule has 4 nitrogen and oxygen atoms in total. The highest BCUT2D eigenvalue weighted by molar-refractivity contribution is 9.10. The van der Waals surface area contributed by atoms with Crippen molar-refractivity contribution in [2.24, 2.45) is 0 Å². The van der Waals surface area contributed by atoms with E-state index < -0.39 is 29.5 Å². The normalized spacial score (nSPS) is 11.7. The van der Waals surface area contributed by atoms with Gasteiger partial charge in [-0.05, 0) is 58.6 Å². The van der Waals surface area contributed by atoms with Gasteiger partial charge < -0.3 is 10.6 Å². The maximum Gasteiger partial charge on any atom is 0.253 e. The standard InChI is InChI=1S/C18H17BrF2N2O2S/c1-26-9-8-16(23-17(24)12-4-2-3-5-13(12)19)18(25)22-15-7-6-11(20)10-14(15)21/h2-7,10,16H,8-9H2,1H3,(H,22,25)(H,23,24)/t16-/m1/s1. The summed E-state index contributed by atoms with van der Waals surface area (Å²) in [7, 11) is 0. The van der Waals surface area contributed by atoms with Crippen molar-refractivity contribution in [1.29, 1.82) is 0 Å². The van der Waals surface area contributed by atoms with Crippen molar-refractivity contribution >= 4 is 45.2 Å². The van der Waals surface area contributed by atoms with Gasteiger partial charge in [-0.3, -0.25) is 9.59 Å². The maximum absolute atomic E-state index is 13.8. The van der Waals surface area contributed by atoms with Gasteiger partial charge in [-0.2, -0.15) is 11.8 Å². The zero-order valence-corrected chi connectivity index (χ0v) is 16.3. The van der Waals surface area contributed by atoms with Gasteiger partial charge in [0.15, 0.2) is 0 Å². The quantitative estimate of drug-likeness (QED) is 0.674. The summed E-state index contributed by atoms with van der Waals surface area (Å²) in [5.41, 5.74) is 0.253. The lowest BCUT2D eigenvalue weighted by molar-refractivity contribution is -0.118. The fraction of sp³-hybridized carbons (Fsp3) is 0.222. The van der Waals surface area contributed by atoms with Crippen LogP contribution < -0.4 is 10.6 Å². The topological polar surface area (TPSA) is 58.2 Å². The zero-order valence-electron chi connectivity index (χ0n) is 13.9. The van der Waals surface area contributed by atoms with Crippen LogP contribution in [0.5, 0.6) is 0 Å². The van der Waals surface area contributed by atoms with E-state index in [1.165, 1.54) is 11.8 Å². The molecule has 0 bridgehead atoms.